The lowest BCUT2D eigenvalue weighted by molar-refractivity contribution is 0.103. The van der Waals surface area contributed by atoms with E-state index >= 15 is 0 Å². The van der Waals surface area contributed by atoms with Crippen LogP contribution in [0.2, 0.25) is 0 Å². The van der Waals surface area contributed by atoms with Crippen LogP contribution in [0.4, 0.5) is 10.8 Å². The summed E-state index contributed by atoms with van der Waals surface area (Å²) >= 11 is 3.16. The molecule has 2 aromatic heterocycles. The Morgan fingerprint density at radius 2 is 1.74 bits per heavy atom. The number of hydrogen-bond donors (Lipinski definition) is 1. The first-order valence-electron chi connectivity index (χ1n) is 8.86. The first-order valence-corrected chi connectivity index (χ1v) is 10.5. The molecule has 0 radical (unpaired) electrons. The number of ether oxygens (including phenoxy) is 2. The quantitative estimate of drug-likeness (QED) is 0.674. The minimum absolute atomic E-state index is 0.153. The monoisotopic (exact) mass is 403 g/mol. The highest BCUT2D eigenvalue weighted by Crippen LogP contribution is 2.36. The summed E-state index contributed by atoms with van der Waals surface area (Å²) in [7, 11) is 3.17. The van der Waals surface area contributed by atoms with Crippen LogP contribution in [0, 0.1) is 0 Å². The number of nitrogens with zero attached hydrogens (tertiary/aromatic N) is 2. The summed E-state index contributed by atoms with van der Waals surface area (Å²) in [5, 5.41) is 3.98. The van der Waals surface area contributed by atoms with E-state index in [-0.39, 0.29) is 5.91 Å². The number of methoxy groups -OCH3 is 2. The predicted molar refractivity (Wildman–Crippen MR) is 111 cm³/mol. The van der Waals surface area contributed by atoms with Crippen molar-refractivity contribution in [3.63, 3.8) is 0 Å². The minimum atomic E-state index is -0.153. The van der Waals surface area contributed by atoms with Crippen LogP contribution in [0.25, 0.3) is 9.53 Å². The number of anilines is 2. The fourth-order valence-corrected chi connectivity index (χ4v) is 5.34. The number of amides is 1. The lowest BCUT2D eigenvalue weighted by atomic mass is 10.1. The minimum Gasteiger partial charge on any atom is -0.497 e. The number of benzene rings is 1. The lowest BCUT2D eigenvalue weighted by Crippen LogP contribution is -2.29. The van der Waals surface area contributed by atoms with Gasteiger partial charge in [0.2, 0.25) is 0 Å². The van der Waals surface area contributed by atoms with E-state index < -0.39 is 0 Å². The van der Waals surface area contributed by atoms with Gasteiger partial charge in [-0.2, -0.15) is 0 Å². The summed E-state index contributed by atoms with van der Waals surface area (Å²) in [6.07, 6.45) is 3.76. The Morgan fingerprint density at radius 1 is 1.04 bits per heavy atom. The molecule has 1 aliphatic rings. The summed E-state index contributed by atoms with van der Waals surface area (Å²) < 4.78 is 11.6. The van der Waals surface area contributed by atoms with Crippen LogP contribution in [-0.2, 0) is 0 Å². The van der Waals surface area contributed by atoms with Crippen molar-refractivity contribution in [1.82, 2.24) is 4.98 Å². The molecule has 0 unspecified atom stereocenters. The molecule has 0 saturated carbocycles. The molecule has 0 aliphatic carbocycles. The number of thiophene rings is 1. The molecule has 142 valence electrons. The van der Waals surface area contributed by atoms with Crippen molar-refractivity contribution in [2.24, 2.45) is 0 Å². The zero-order valence-electron chi connectivity index (χ0n) is 15.3. The maximum Gasteiger partial charge on any atom is 0.265 e. The number of hydrogen-bond acceptors (Lipinski definition) is 7. The molecule has 1 aromatic carbocycles. The highest BCUT2D eigenvalue weighted by molar-refractivity contribution is 7.40. The summed E-state index contributed by atoms with van der Waals surface area (Å²) in [4.78, 5) is 20.4. The van der Waals surface area contributed by atoms with Crippen molar-refractivity contribution >= 4 is 48.9 Å². The molecule has 0 spiro atoms. The Bertz CT molecular complexity index is 907. The van der Waals surface area contributed by atoms with Crippen LogP contribution in [0.3, 0.4) is 0 Å². The van der Waals surface area contributed by atoms with E-state index in [1.54, 1.807) is 43.8 Å². The number of aromatic nitrogens is 1. The fourth-order valence-electron chi connectivity index (χ4n) is 3.13. The van der Waals surface area contributed by atoms with Gasteiger partial charge >= 0.3 is 0 Å². The standard InChI is InChI=1S/C19H21N3O3S2/c1-24-13-8-12(9-14(10-13)25-2)20-17(23)16-11-15-18(26-16)27-19(21-15)22-6-4-3-5-7-22/h8-11H,3-7H2,1-2H3,(H,20,23). The number of rotatable bonds is 5. The summed E-state index contributed by atoms with van der Waals surface area (Å²) in [5.74, 6) is 1.11. The molecule has 0 atom stereocenters. The van der Waals surface area contributed by atoms with Crippen molar-refractivity contribution in [3.05, 3.63) is 29.1 Å². The topological polar surface area (TPSA) is 63.7 Å². The number of nitrogens with one attached hydrogen (secondary N) is 1. The van der Waals surface area contributed by atoms with Gasteiger partial charge in [0.1, 0.15) is 15.5 Å². The highest BCUT2D eigenvalue weighted by Gasteiger charge is 2.19. The van der Waals surface area contributed by atoms with E-state index in [2.05, 4.69) is 10.2 Å². The molecule has 8 heteroatoms. The van der Waals surface area contributed by atoms with Crippen molar-refractivity contribution in [3.8, 4) is 11.5 Å². The van der Waals surface area contributed by atoms with Crippen LogP contribution in [0.15, 0.2) is 24.3 Å². The van der Waals surface area contributed by atoms with Gasteiger partial charge < -0.3 is 19.7 Å². The molecule has 1 amide bonds. The molecule has 3 aromatic rings. The molecule has 4 rings (SSSR count). The molecule has 1 fully saturated rings. The number of thiazole rings is 1. The largest absolute Gasteiger partial charge is 0.497 e. The van der Waals surface area contributed by atoms with Crippen molar-refractivity contribution in [2.45, 2.75) is 19.3 Å². The van der Waals surface area contributed by atoms with Gasteiger partial charge in [-0.25, -0.2) is 4.98 Å². The number of carbonyl (C=O) groups excluding carboxylic acids is 1. The van der Waals surface area contributed by atoms with Gasteiger partial charge in [0.15, 0.2) is 5.13 Å². The maximum atomic E-state index is 12.7. The highest BCUT2D eigenvalue weighted by atomic mass is 32.2. The molecule has 6 nitrogen and oxygen atoms in total. The van der Waals surface area contributed by atoms with E-state index in [1.165, 1.54) is 30.6 Å². The van der Waals surface area contributed by atoms with Crippen LogP contribution in [0.5, 0.6) is 11.5 Å². The zero-order chi connectivity index (χ0) is 18.8. The third-order valence-corrected chi connectivity index (χ3v) is 6.88. The summed E-state index contributed by atoms with van der Waals surface area (Å²) in [6.45, 7) is 2.15. The third-order valence-electron chi connectivity index (χ3n) is 4.54. The second-order valence-corrected chi connectivity index (χ2v) is 8.67. The lowest BCUT2D eigenvalue weighted by Gasteiger charge is -2.25. The Morgan fingerprint density at radius 3 is 2.37 bits per heavy atom. The average Bonchev–Trinajstić information content (AvgIpc) is 3.27. The van der Waals surface area contributed by atoms with Crippen molar-refractivity contribution in [1.29, 1.82) is 0 Å². The smallest absolute Gasteiger partial charge is 0.265 e. The SMILES string of the molecule is COc1cc(NC(=O)c2cc3nc(N4CCCCC4)sc3s2)cc(OC)c1. The van der Waals surface area contributed by atoms with Gasteiger partial charge in [-0.3, -0.25) is 4.79 Å². The van der Waals surface area contributed by atoms with Gasteiger partial charge in [0, 0.05) is 37.0 Å². The molecular weight excluding hydrogens is 382 g/mol. The molecule has 3 heterocycles. The first-order chi connectivity index (χ1) is 13.2. The summed E-state index contributed by atoms with van der Waals surface area (Å²) in [6, 6.07) is 7.17. The van der Waals surface area contributed by atoms with Crippen molar-refractivity contribution in [2.75, 3.05) is 37.5 Å². The number of fused-ring (bicyclic) bond motifs is 1. The molecular formula is C19H21N3O3S2. The second-order valence-electron chi connectivity index (χ2n) is 6.38. The van der Waals surface area contributed by atoms with Gasteiger partial charge in [-0.1, -0.05) is 11.3 Å². The van der Waals surface area contributed by atoms with E-state index in [4.69, 9.17) is 14.5 Å². The summed E-state index contributed by atoms with van der Waals surface area (Å²) in [5.41, 5.74) is 1.54. The van der Waals surface area contributed by atoms with Crippen LogP contribution >= 0.6 is 22.7 Å². The Kier molecular flexibility index (Phi) is 5.18. The van der Waals surface area contributed by atoms with Crippen LogP contribution < -0.4 is 19.7 Å². The first kappa shape index (κ1) is 18.1. The average molecular weight is 404 g/mol. The zero-order valence-corrected chi connectivity index (χ0v) is 16.9. The van der Waals surface area contributed by atoms with E-state index in [0.29, 0.717) is 22.1 Å². The Hall–Kier alpha value is -2.32. The second kappa shape index (κ2) is 7.74. The van der Waals surface area contributed by atoms with Crippen LogP contribution in [-0.4, -0.2) is 38.2 Å². The third kappa shape index (κ3) is 3.86. The Balaban J connectivity index is 1.52. The normalized spacial score (nSPS) is 14.4. The van der Waals surface area contributed by atoms with Gasteiger partial charge in [-0.05, 0) is 25.3 Å². The molecule has 0 bridgehead atoms. The molecule has 1 saturated heterocycles. The van der Waals surface area contributed by atoms with Crippen LogP contribution in [0.1, 0.15) is 28.9 Å². The molecule has 1 aliphatic heterocycles. The molecule has 27 heavy (non-hydrogen) atoms. The predicted octanol–water partition coefficient (Wildman–Crippen LogP) is 4.62. The number of carbonyl (C=O) groups is 1. The maximum absolute atomic E-state index is 12.7. The number of piperidine rings is 1. The fraction of sp³-hybridized carbons (Fsp3) is 0.368. The van der Waals surface area contributed by atoms with Gasteiger partial charge in [0.25, 0.3) is 5.91 Å². The van der Waals surface area contributed by atoms with E-state index in [0.717, 1.165) is 27.8 Å². The Labute approximate surface area is 165 Å². The van der Waals surface area contributed by atoms with Gasteiger partial charge in [-0.15, -0.1) is 11.3 Å². The van der Waals surface area contributed by atoms with E-state index in [9.17, 15) is 4.79 Å². The van der Waals surface area contributed by atoms with Gasteiger partial charge in [0.05, 0.1) is 24.6 Å². The van der Waals surface area contributed by atoms with Crippen molar-refractivity contribution < 1.29 is 14.3 Å². The molecule has 1 N–H and O–H groups in total. The van der Waals surface area contributed by atoms with E-state index in [1.807, 2.05) is 6.07 Å².